The zero-order chi connectivity index (χ0) is 17.4. The van der Waals surface area contributed by atoms with Crippen LogP contribution in [0.5, 0.6) is 0 Å². The van der Waals surface area contributed by atoms with Crippen LogP contribution in [0.1, 0.15) is 36.0 Å². The summed E-state index contributed by atoms with van der Waals surface area (Å²) in [7, 11) is 0. The molecule has 5 nitrogen and oxygen atoms in total. The van der Waals surface area contributed by atoms with Crippen molar-refractivity contribution < 1.29 is 4.79 Å². The number of hydrogen-bond acceptors (Lipinski definition) is 3. The number of fused-ring (bicyclic) bond motifs is 2. The van der Waals surface area contributed by atoms with E-state index in [0.29, 0.717) is 0 Å². The van der Waals surface area contributed by atoms with Crippen LogP contribution in [0.25, 0.3) is 0 Å². The molecule has 2 aliphatic rings. The van der Waals surface area contributed by atoms with Gasteiger partial charge in [0, 0.05) is 38.3 Å². The molecule has 132 valence electrons. The lowest BCUT2D eigenvalue weighted by molar-refractivity contribution is -0.127. The summed E-state index contributed by atoms with van der Waals surface area (Å²) in [4.78, 5) is 19.6. The summed E-state index contributed by atoms with van der Waals surface area (Å²) in [5, 5.41) is 3.26. The first-order chi connectivity index (χ1) is 12.1. The molecule has 0 unspecified atom stereocenters. The molecule has 3 heterocycles. The van der Waals surface area contributed by atoms with Gasteiger partial charge in [0.25, 0.3) is 0 Å². The number of hydrogen-bond donors (Lipinski definition) is 1. The molecular formula is C20H26N4O. The minimum Gasteiger partial charge on any atom is -0.350 e. The van der Waals surface area contributed by atoms with Crippen LogP contribution in [-0.4, -0.2) is 39.0 Å². The first kappa shape index (κ1) is 16.3. The van der Waals surface area contributed by atoms with Gasteiger partial charge < -0.3 is 9.88 Å². The first-order valence-corrected chi connectivity index (χ1v) is 9.24. The van der Waals surface area contributed by atoms with Gasteiger partial charge in [-0.25, -0.2) is 4.98 Å². The molecule has 4 rings (SSSR count). The lowest BCUT2D eigenvalue weighted by atomic mass is 9.98. The van der Waals surface area contributed by atoms with Crippen molar-refractivity contribution in [3.8, 4) is 0 Å². The van der Waals surface area contributed by atoms with E-state index in [-0.39, 0.29) is 18.0 Å². The van der Waals surface area contributed by atoms with Crippen LogP contribution in [0.2, 0.25) is 0 Å². The number of imidazole rings is 1. The smallest absolute Gasteiger partial charge is 0.237 e. The van der Waals surface area contributed by atoms with E-state index < -0.39 is 0 Å². The Kier molecular flexibility index (Phi) is 4.34. The van der Waals surface area contributed by atoms with Gasteiger partial charge in [-0.3, -0.25) is 9.69 Å². The average Bonchev–Trinajstić information content (AvgIpc) is 3.00. The summed E-state index contributed by atoms with van der Waals surface area (Å²) < 4.78 is 2.19. The number of carbonyl (C=O) groups excluding carboxylic acids is 1. The number of amides is 1. The molecule has 25 heavy (non-hydrogen) atoms. The van der Waals surface area contributed by atoms with Crippen LogP contribution in [0.3, 0.4) is 0 Å². The van der Waals surface area contributed by atoms with Crippen molar-refractivity contribution in [2.24, 2.45) is 0 Å². The Balaban J connectivity index is 1.37. The average molecular weight is 338 g/mol. The van der Waals surface area contributed by atoms with Crippen LogP contribution in [0.4, 0.5) is 0 Å². The van der Waals surface area contributed by atoms with Crippen LogP contribution in [0.15, 0.2) is 30.5 Å². The van der Waals surface area contributed by atoms with Crippen molar-refractivity contribution in [3.05, 3.63) is 53.1 Å². The molecule has 0 saturated heterocycles. The third kappa shape index (κ3) is 3.33. The highest BCUT2D eigenvalue weighted by molar-refractivity contribution is 5.81. The first-order valence-electron chi connectivity index (χ1n) is 9.24. The van der Waals surface area contributed by atoms with Crippen molar-refractivity contribution in [2.75, 3.05) is 6.54 Å². The molecule has 2 aromatic rings. The van der Waals surface area contributed by atoms with E-state index in [4.69, 9.17) is 0 Å². The highest BCUT2D eigenvalue weighted by atomic mass is 16.2. The second-order valence-corrected chi connectivity index (χ2v) is 7.36. The summed E-state index contributed by atoms with van der Waals surface area (Å²) >= 11 is 0. The van der Waals surface area contributed by atoms with E-state index in [9.17, 15) is 4.79 Å². The monoisotopic (exact) mass is 338 g/mol. The van der Waals surface area contributed by atoms with E-state index in [0.717, 1.165) is 50.4 Å². The second-order valence-electron chi connectivity index (χ2n) is 7.36. The van der Waals surface area contributed by atoms with E-state index >= 15 is 0 Å². The van der Waals surface area contributed by atoms with Gasteiger partial charge >= 0.3 is 0 Å². The second kappa shape index (κ2) is 6.64. The van der Waals surface area contributed by atoms with Gasteiger partial charge in [-0.1, -0.05) is 24.3 Å². The summed E-state index contributed by atoms with van der Waals surface area (Å²) in [6, 6.07) is 8.66. The topological polar surface area (TPSA) is 50.2 Å². The lowest BCUT2D eigenvalue weighted by Gasteiger charge is -2.34. The molecule has 0 saturated carbocycles. The Bertz CT molecular complexity index is 782. The number of aromatic nitrogens is 2. The largest absolute Gasteiger partial charge is 0.350 e. The zero-order valence-corrected chi connectivity index (χ0v) is 15.0. The Morgan fingerprint density at radius 3 is 2.92 bits per heavy atom. The van der Waals surface area contributed by atoms with E-state index in [1.807, 2.05) is 13.8 Å². The molecule has 0 fully saturated rings. The molecule has 1 N–H and O–H groups in total. The molecule has 5 heteroatoms. The summed E-state index contributed by atoms with van der Waals surface area (Å²) in [6.07, 6.45) is 5.01. The van der Waals surface area contributed by atoms with Crippen molar-refractivity contribution in [1.82, 2.24) is 19.8 Å². The highest BCUT2D eigenvalue weighted by Gasteiger charge is 2.28. The molecular weight excluding hydrogens is 312 g/mol. The van der Waals surface area contributed by atoms with E-state index in [1.54, 1.807) is 0 Å². The van der Waals surface area contributed by atoms with Crippen molar-refractivity contribution >= 4 is 5.91 Å². The Morgan fingerprint density at radius 1 is 1.28 bits per heavy atom. The van der Waals surface area contributed by atoms with Gasteiger partial charge in [0.15, 0.2) is 0 Å². The van der Waals surface area contributed by atoms with Crippen LogP contribution >= 0.6 is 0 Å². The fourth-order valence-corrected chi connectivity index (χ4v) is 4.04. The van der Waals surface area contributed by atoms with E-state index in [2.05, 4.69) is 50.2 Å². The minimum atomic E-state index is -0.0979. The molecule has 0 radical (unpaired) electrons. The minimum absolute atomic E-state index is 0.0979. The van der Waals surface area contributed by atoms with Gasteiger partial charge in [-0.15, -0.1) is 0 Å². The fourth-order valence-electron chi connectivity index (χ4n) is 4.04. The normalized spacial score (nSPS) is 21.3. The quantitative estimate of drug-likeness (QED) is 0.932. The summed E-state index contributed by atoms with van der Waals surface area (Å²) in [5.41, 5.74) is 3.83. The highest BCUT2D eigenvalue weighted by Crippen LogP contribution is 2.21. The standard InChI is InChI=1S/C20H26N4O/c1-14-11-24-13-18(7-8-19(24)21-14)22-20(25)15(2)23-10-9-16-5-3-4-6-17(16)12-23/h3-6,11,15,18H,7-10,12-13H2,1-2H3,(H,22,25)/t15-,18-/m0/s1. The SMILES string of the molecule is Cc1cn2c(n1)CC[C@H](NC(=O)[C@H](C)N1CCc3ccccc3C1)C2. The number of nitrogens with one attached hydrogen (secondary N) is 1. The molecule has 0 aliphatic carbocycles. The molecule has 1 amide bonds. The maximum absolute atomic E-state index is 12.8. The fraction of sp³-hybridized carbons (Fsp3) is 0.500. The van der Waals surface area contributed by atoms with Crippen molar-refractivity contribution in [3.63, 3.8) is 0 Å². The van der Waals surface area contributed by atoms with Crippen LogP contribution in [-0.2, 0) is 30.7 Å². The van der Waals surface area contributed by atoms with Gasteiger partial charge in [0.1, 0.15) is 5.82 Å². The molecule has 1 aromatic carbocycles. The van der Waals surface area contributed by atoms with Gasteiger partial charge in [-0.2, -0.15) is 0 Å². The number of nitrogens with zero attached hydrogens (tertiary/aromatic N) is 3. The predicted molar refractivity (Wildman–Crippen MR) is 97.2 cm³/mol. The molecule has 0 bridgehead atoms. The van der Waals surface area contributed by atoms with Gasteiger partial charge in [0.2, 0.25) is 5.91 Å². The number of rotatable bonds is 3. The van der Waals surface area contributed by atoms with Crippen LogP contribution in [0, 0.1) is 6.92 Å². The Hall–Kier alpha value is -2.14. The number of aryl methyl sites for hydroxylation is 2. The summed E-state index contributed by atoms with van der Waals surface area (Å²) in [6.45, 7) is 6.69. The molecule has 1 aromatic heterocycles. The third-order valence-electron chi connectivity index (χ3n) is 5.55. The van der Waals surface area contributed by atoms with Crippen molar-refractivity contribution in [2.45, 2.75) is 58.3 Å². The number of carbonyl (C=O) groups is 1. The lowest BCUT2D eigenvalue weighted by Crippen LogP contribution is -2.51. The number of benzene rings is 1. The Morgan fingerprint density at radius 2 is 2.08 bits per heavy atom. The maximum Gasteiger partial charge on any atom is 0.237 e. The van der Waals surface area contributed by atoms with E-state index in [1.165, 1.54) is 11.1 Å². The molecule has 0 spiro atoms. The Labute approximate surface area is 149 Å². The molecule has 2 aliphatic heterocycles. The van der Waals surface area contributed by atoms with Gasteiger partial charge in [0.05, 0.1) is 11.7 Å². The predicted octanol–water partition coefficient (Wildman–Crippen LogP) is 2.07. The zero-order valence-electron chi connectivity index (χ0n) is 15.0. The van der Waals surface area contributed by atoms with Gasteiger partial charge in [-0.05, 0) is 37.8 Å². The van der Waals surface area contributed by atoms with Crippen molar-refractivity contribution in [1.29, 1.82) is 0 Å². The summed E-state index contributed by atoms with van der Waals surface area (Å²) in [5.74, 6) is 1.29. The third-order valence-corrected chi connectivity index (χ3v) is 5.55. The maximum atomic E-state index is 12.8. The molecule has 2 atom stereocenters. The van der Waals surface area contributed by atoms with Crippen LogP contribution < -0.4 is 5.32 Å².